The zero-order chi connectivity index (χ0) is 33.2. The molecule has 1 aliphatic heterocycles. The van der Waals surface area contributed by atoms with Gasteiger partial charge in [-0.2, -0.15) is 5.26 Å². The van der Waals surface area contributed by atoms with Crippen molar-refractivity contribution in [3.8, 4) is 6.07 Å². The number of rotatable bonds is 8. The molecule has 0 saturated carbocycles. The molecule has 0 aliphatic carbocycles. The van der Waals surface area contributed by atoms with Crippen LogP contribution in [-0.2, 0) is 30.8 Å². The van der Waals surface area contributed by atoms with Crippen LogP contribution in [0.5, 0.6) is 0 Å². The SMILES string of the molecule is CC[C@@H](C(=O)N[C@@H]1C(=O)N(Cc2c(C)ccc3ccccc23)c2ccc(C#N)cc2N(C(=O)CS(C)(=O)=O)[C@H]1C)N(C)C(=O)O. The lowest BCUT2D eigenvalue weighted by Crippen LogP contribution is -2.61. The van der Waals surface area contributed by atoms with Crippen molar-refractivity contribution in [2.45, 2.75) is 51.9 Å². The summed E-state index contributed by atoms with van der Waals surface area (Å²) in [4.78, 5) is 56.9. The van der Waals surface area contributed by atoms with E-state index in [4.69, 9.17) is 0 Å². The van der Waals surface area contributed by atoms with E-state index in [1.54, 1.807) is 6.92 Å². The number of hydrogen-bond acceptors (Lipinski definition) is 7. The first-order valence-electron chi connectivity index (χ1n) is 14.3. The normalized spacial score (nSPS) is 17.2. The quantitative estimate of drug-likeness (QED) is 0.381. The van der Waals surface area contributed by atoms with Gasteiger partial charge in [0.2, 0.25) is 11.8 Å². The van der Waals surface area contributed by atoms with Crippen molar-refractivity contribution in [1.82, 2.24) is 10.2 Å². The largest absolute Gasteiger partial charge is 0.465 e. The number of carboxylic acid groups (broad SMARTS) is 1. The van der Waals surface area contributed by atoms with E-state index in [0.29, 0.717) is 0 Å². The van der Waals surface area contributed by atoms with Crippen LogP contribution in [0.15, 0.2) is 54.6 Å². The Balaban J connectivity index is 1.94. The molecule has 3 aromatic rings. The molecule has 13 heteroatoms. The van der Waals surface area contributed by atoms with E-state index in [0.717, 1.165) is 38.0 Å². The number of nitrogens with zero attached hydrogens (tertiary/aromatic N) is 4. The van der Waals surface area contributed by atoms with Crippen LogP contribution in [0.3, 0.4) is 0 Å². The molecule has 3 atom stereocenters. The van der Waals surface area contributed by atoms with Crippen LogP contribution < -0.4 is 15.1 Å². The average Bonchev–Trinajstić information content (AvgIpc) is 3.06. The van der Waals surface area contributed by atoms with Crippen LogP contribution in [-0.4, -0.2) is 79.4 Å². The molecule has 0 aromatic heterocycles. The van der Waals surface area contributed by atoms with E-state index < -0.39 is 57.5 Å². The fourth-order valence-corrected chi connectivity index (χ4v) is 6.29. The van der Waals surface area contributed by atoms with Gasteiger partial charge in [-0.15, -0.1) is 0 Å². The zero-order valence-corrected chi connectivity index (χ0v) is 26.5. The average molecular weight is 634 g/mol. The second-order valence-electron chi connectivity index (χ2n) is 11.2. The molecular weight excluding hydrogens is 598 g/mol. The number of likely N-dealkylation sites (N-methyl/N-ethyl adjacent to an activating group) is 1. The van der Waals surface area contributed by atoms with Crippen molar-refractivity contribution in [3.63, 3.8) is 0 Å². The minimum Gasteiger partial charge on any atom is -0.465 e. The third-order valence-corrected chi connectivity index (χ3v) is 8.85. The number of carbonyl (C=O) groups is 4. The molecule has 0 fully saturated rings. The molecule has 0 bridgehead atoms. The topological polar surface area (TPSA) is 168 Å². The number of aryl methyl sites for hydroxylation is 1. The summed E-state index contributed by atoms with van der Waals surface area (Å²) in [7, 11) is -2.58. The smallest absolute Gasteiger partial charge is 0.407 e. The minimum atomic E-state index is -3.82. The molecule has 2 N–H and O–H groups in total. The Labute approximate surface area is 261 Å². The van der Waals surface area contributed by atoms with Crippen molar-refractivity contribution in [1.29, 1.82) is 5.26 Å². The highest BCUT2D eigenvalue weighted by atomic mass is 32.2. The van der Waals surface area contributed by atoms with Gasteiger partial charge in [0.05, 0.1) is 35.6 Å². The van der Waals surface area contributed by atoms with Gasteiger partial charge in [0.25, 0.3) is 5.91 Å². The number of benzene rings is 3. The molecule has 0 radical (unpaired) electrons. The van der Waals surface area contributed by atoms with E-state index in [1.165, 1.54) is 37.1 Å². The van der Waals surface area contributed by atoms with Crippen LogP contribution in [0.1, 0.15) is 37.0 Å². The summed E-state index contributed by atoms with van der Waals surface area (Å²) in [5.74, 6) is -3.10. The zero-order valence-electron chi connectivity index (χ0n) is 25.6. The van der Waals surface area contributed by atoms with Gasteiger partial charge in [0.1, 0.15) is 17.8 Å². The van der Waals surface area contributed by atoms with E-state index in [-0.39, 0.29) is 29.9 Å². The lowest BCUT2D eigenvalue weighted by Gasteiger charge is -2.33. The first-order chi connectivity index (χ1) is 21.2. The van der Waals surface area contributed by atoms with Crippen LogP contribution in [0.25, 0.3) is 10.8 Å². The maximum absolute atomic E-state index is 14.6. The van der Waals surface area contributed by atoms with Gasteiger partial charge in [-0.1, -0.05) is 43.3 Å². The fraction of sp³-hybridized carbons (Fsp3) is 0.344. The number of fused-ring (bicyclic) bond motifs is 2. The van der Waals surface area contributed by atoms with E-state index in [9.17, 15) is 38.0 Å². The molecule has 0 spiro atoms. The number of hydrogen-bond donors (Lipinski definition) is 2. The van der Waals surface area contributed by atoms with Gasteiger partial charge < -0.3 is 20.2 Å². The van der Waals surface area contributed by atoms with Crippen LogP contribution in [0, 0.1) is 18.3 Å². The van der Waals surface area contributed by atoms with Crippen molar-refractivity contribution in [2.75, 3.05) is 28.9 Å². The molecule has 4 rings (SSSR count). The molecule has 236 valence electrons. The van der Waals surface area contributed by atoms with Crippen LogP contribution in [0.4, 0.5) is 16.2 Å². The standard InChI is InChI=1S/C32H35N5O7S/c1-6-25(35(4)32(41)42)30(39)34-29-20(3)37(28(38)18-45(5,43)44)27-15-21(16-33)12-14-26(27)36(31(29)40)17-24-19(2)11-13-22-9-7-8-10-23(22)24/h7-15,20,25,29H,6,17-18H2,1-5H3,(H,34,39)(H,41,42)/t20-,25-,29-/m0/s1. The maximum Gasteiger partial charge on any atom is 0.407 e. The van der Waals surface area contributed by atoms with Gasteiger partial charge in [0.15, 0.2) is 9.84 Å². The second kappa shape index (κ2) is 13.0. The first-order valence-corrected chi connectivity index (χ1v) is 16.3. The van der Waals surface area contributed by atoms with Gasteiger partial charge in [-0.05, 0) is 60.4 Å². The van der Waals surface area contributed by atoms with E-state index in [2.05, 4.69) is 5.32 Å². The molecule has 12 nitrogen and oxygen atoms in total. The van der Waals surface area contributed by atoms with Crippen molar-refractivity contribution >= 4 is 55.8 Å². The summed E-state index contributed by atoms with van der Waals surface area (Å²) in [5.41, 5.74) is 2.24. The summed E-state index contributed by atoms with van der Waals surface area (Å²) in [6.07, 6.45) is -0.328. The third-order valence-electron chi connectivity index (χ3n) is 8.08. The Kier molecular flexibility index (Phi) is 9.48. The van der Waals surface area contributed by atoms with Crippen molar-refractivity contribution < 1.29 is 32.7 Å². The van der Waals surface area contributed by atoms with Crippen LogP contribution >= 0.6 is 0 Å². The van der Waals surface area contributed by atoms with Crippen molar-refractivity contribution in [3.05, 3.63) is 71.3 Å². The number of nitrogens with one attached hydrogen (secondary N) is 1. The maximum atomic E-state index is 14.6. The summed E-state index contributed by atoms with van der Waals surface area (Å²) in [6, 6.07) is 14.3. The predicted molar refractivity (Wildman–Crippen MR) is 169 cm³/mol. The molecule has 1 aliphatic rings. The number of sulfone groups is 1. The Morgan fingerprint density at radius 3 is 2.42 bits per heavy atom. The molecular formula is C32H35N5O7S. The molecule has 1 heterocycles. The minimum absolute atomic E-state index is 0.0182. The molecule has 3 aromatic carbocycles. The summed E-state index contributed by atoms with van der Waals surface area (Å²) >= 11 is 0. The lowest BCUT2D eigenvalue weighted by atomic mass is 9.98. The predicted octanol–water partition coefficient (Wildman–Crippen LogP) is 3.21. The highest BCUT2D eigenvalue weighted by Gasteiger charge is 2.44. The van der Waals surface area contributed by atoms with Crippen LogP contribution in [0.2, 0.25) is 0 Å². The number of nitriles is 1. The number of anilines is 2. The third kappa shape index (κ3) is 6.76. The molecule has 4 amide bonds. The van der Waals surface area contributed by atoms with E-state index in [1.807, 2.05) is 49.4 Å². The Bertz CT molecular complexity index is 1840. The first kappa shape index (κ1) is 32.9. The van der Waals surface area contributed by atoms with Gasteiger partial charge in [-0.3, -0.25) is 19.3 Å². The van der Waals surface area contributed by atoms with Gasteiger partial charge in [-0.25, -0.2) is 13.2 Å². The van der Waals surface area contributed by atoms with Crippen molar-refractivity contribution in [2.24, 2.45) is 0 Å². The Morgan fingerprint density at radius 2 is 1.80 bits per heavy atom. The monoisotopic (exact) mass is 633 g/mol. The molecule has 0 saturated heterocycles. The molecule has 0 unspecified atom stereocenters. The Hall–Kier alpha value is -4.96. The molecule has 45 heavy (non-hydrogen) atoms. The summed E-state index contributed by atoms with van der Waals surface area (Å²) in [6.45, 7) is 5.05. The summed E-state index contributed by atoms with van der Waals surface area (Å²) in [5, 5.41) is 23.7. The van der Waals surface area contributed by atoms with Gasteiger partial charge >= 0.3 is 6.09 Å². The van der Waals surface area contributed by atoms with E-state index >= 15 is 0 Å². The Morgan fingerprint density at radius 1 is 1.11 bits per heavy atom. The highest BCUT2D eigenvalue weighted by molar-refractivity contribution is 7.91. The van der Waals surface area contributed by atoms with Gasteiger partial charge in [0, 0.05) is 13.3 Å². The highest BCUT2D eigenvalue weighted by Crippen LogP contribution is 2.38. The number of carbonyl (C=O) groups excluding carboxylic acids is 3. The fourth-order valence-electron chi connectivity index (χ4n) is 5.71. The second-order valence-corrected chi connectivity index (χ2v) is 13.3. The number of amides is 4. The summed E-state index contributed by atoms with van der Waals surface area (Å²) < 4.78 is 24.5. The lowest BCUT2D eigenvalue weighted by molar-refractivity contribution is -0.131.